The summed E-state index contributed by atoms with van der Waals surface area (Å²) in [5.41, 5.74) is 0. The molecule has 4 nitrogen and oxygen atoms in total. The Balaban J connectivity index is 2.31. The topological polar surface area (TPSA) is 71.0 Å². The van der Waals surface area contributed by atoms with Gasteiger partial charge >= 0.3 is 0 Å². The predicted octanol–water partition coefficient (Wildman–Crippen LogP) is -2.27. The Labute approximate surface area is 66.5 Å². The van der Waals surface area contributed by atoms with Crippen molar-refractivity contribution in [3.05, 3.63) is 0 Å². The zero-order valence-corrected chi connectivity index (χ0v) is 7.18. The van der Waals surface area contributed by atoms with Gasteiger partial charge in [-0.25, -0.2) is 8.42 Å². The Morgan fingerprint density at radius 1 is 1.55 bits per heavy atom. The average molecular weight is 180 g/mol. The highest BCUT2D eigenvalue weighted by molar-refractivity contribution is 7.91. The molecular formula is C6H14NO3S+. The van der Waals surface area contributed by atoms with Crippen molar-refractivity contribution in [3.63, 3.8) is 0 Å². The number of aliphatic hydroxyl groups excluding tert-OH is 1. The van der Waals surface area contributed by atoms with Gasteiger partial charge in [0.15, 0.2) is 9.84 Å². The SMILES string of the molecule is O=S1(=O)CCC([NH2+]CCO)C1. The van der Waals surface area contributed by atoms with Crippen molar-refractivity contribution < 1.29 is 18.8 Å². The molecule has 0 aliphatic carbocycles. The summed E-state index contributed by atoms with van der Waals surface area (Å²) < 4.78 is 21.8. The van der Waals surface area contributed by atoms with Gasteiger partial charge in [0, 0.05) is 6.42 Å². The van der Waals surface area contributed by atoms with Crippen molar-refractivity contribution in [3.8, 4) is 0 Å². The van der Waals surface area contributed by atoms with E-state index in [0.29, 0.717) is 12.3 Å². The van der Waals surface area contributed by atoms with Crippen molar-refractivity contribution in [2.75, 3.05) is 24.7 Å². The second-order valence-electron chi connectivity index (χ2n) is 2.91. The van der Waals surface area contributed by atoms with E-state index in [1.54, 1.807) is 0 Å². The third kappa shape index (κ3) is 2.76. The van der Waals surface area contributed by atoms with Crippen LogP contribution in [0.3, 0.4) is 0 Å². The van der Waals surface area contributed by atoms with Gasteiger partial charge in [0.1, 0.15) is 11.8 Å². The van der Waals surface area contributed by atoms with Crippen LogP contribution in [0, 0.1) is 0 Å². The van der Waals surface area contributed by atoms with Crippen LogP contribution >= 0.6 is 0 Å². The summed E-state index contributed by atoms with van der Waals surface area (Å²) in [7, 11) is -2.74. The van der Waals surface area contributed by atoms with Crippen LogP contribution in [-0.2, 0) is 9.84 Å². The molecule has 1 unspecified atom stereocenters. The maximum Gasteiger partial charge on any atom is 0.156 e. The summed E-state index contributed by atoms with van der Waals surface area (Å²) in [5.74, 6) is 0.604. The van der Waals surface area contributed by atoms with E-state index >= 15 is 0 Å². The number of nitrogens with two attached hydrogens (primary N) is 1. The summed E-state index contributed by atoms with van der Waals surface area (Å²) in [6.45, 7) is 0.733. The molecule has 1 aliphatic heterocycles. The summed E-state index contributed by atoms with van der Waals surface area (Å²) in [4.78, 5) is 0. The highest BCUT2D eigenvalue weighted by Gasteiger charge is 2.29. The van der Waals surface area contributed by atoms with Gasteiger partial charge in [-0.2, -0.15) is 0 Å². The van der Waals surface area contributed by atoms with E-state index in [-0.39, 0.29) is 18.4 Å². The molecule has 1 atom stereocenters. The normalized spacial score (nSPS) is 29.0. The molecule has 1 rings (SSSR count). The van der Waals surface area contributed by atoms with Crippen molar-refractivity contribution in [2.24, 2.45) is 0 Å². The van der Waals surface area contributed by atoms with Crippen molar-refractivity contribution >= 4 is 9.84 Å². The largest absolute Gasteiger partial charge is 0.391 e. The van der Waals surface area contributed by atoms with Crippen LogP contribution in [0.2, 0.25) is 0 Å². The first-order chi connectivity index (χ1) is 5.14. The lowest BCUT2D eigenvalue weighted by molar-refractivity contribution is -0.685. The molecule has 1 saturated heterocycles. The van der Waals surface area contributed by atoms with Gasteiger partial charge in [-0.15, -0.1) is 0 Å². The highest BCUT2D eigenvalue weighted by Crippen LogP contribution is 2.07. The standard InChI is InChI=1S/C6H13NO3S/c8-3-2-7-6-1-4-11(9,10)5-6/h6-8H,1-5H2/p+1. The van der Waals surface area contributed by atoms with E-state index in [1.165, 1.54) is 0 Å². The molecule has 0 saturated carbocycles. The molecule has 0 aromatic rings. The van der Waals surface area contributed by atoms with Crippen molar-refractivity contribution in [1.29, 1.82) is 0 Å². The maximum atomic E-state index is 10.9. The van der Waals surface area contributed by atoms with E-state index in [2.05, 4.69) is 0 Å². The molecule has 0 aromatic carbocycles. The molecule has 0 aromatic heterocycles. The summed E-state index contributed by atoms with van der Waals surface area (Å²) in [5, 5.41) is 10.4. The van der Waals surface area contributed by atoms with Crippen molar-refractivity contribution in [1.82, 2.24) is 0 Å². The first-order valence-electron chi connectivity index (χ1n) is 3.78. The fourth-order valence-corrected chi connectivity index (χ4v) is 3.10. The van der Waals surface area contributed by atoms with E-state index in [4.69, 9.17) is 5.11 Å². The summed E-state index contributed by atoms with van der Waals surface area (Å²) >= 11 is 0. The first kappa shape index (κ1) is 8.96. The van der Waals surface area contributed by atoms with Crippen LogP contribution in [0.1, 0.15) is 6.42 Å². The first-order valence-corrected chi connectivity index (χ1v) is 5.61. The molecule has 0 radical (unpaired) electrons. The molecule has 3 N–H and O–H groups in total. The van der Waals surface area contributed by atoms with E-state index in [1.807, 2.05) is 5.32 Å². The third-order valence-electron chi connectivity index (χ3n) is 1.90. The minimum Gasteiger partial charge on any atom is -0.391 e. The number of aliphatic hydroxyl groups is 1. The predicted molar refractivity (Wildman–Crippen MR) is 40.9 cm³/mol. The lowest BCUT2D eigenvalue weighted by Crippen LogP contribution is -2.91. The molecule has 11 heavy (non-hydrogen) atoms. The molecule has 0 amide bonds. The van der Waals surface area contributed by atoms with Gasteiger partial charge in [0.25, 0.3) is 0 Å². The molecule has 1 aliphatic rings. The van der Waals surface area contributed by atoms with Gasteiger partial charge in [0.05, 0.1) is 18.9 Å². The highest BCUT2D eigenvalue weighted by atomic mass is 32.2. The van der Waals surface area contributed by atoms with E-state index in [0.717, 1.165) is 6.42 Å². The lowest BCUT2D eigenvalue weighted by Gasteiger charge is -2.03. The monoisotopic (exact) mass is 180 g/mol. The molecule has 0 bridgehead atoms. The molecular weight excluding hydrogens is 166 g/mol. The fourth-order valence-electron chi connectivity index (χ4n) is 1.32. The number of hydrogen-bond donors (Lipinski definition) is 2. The van der Waals surface area contributed by atoms with Crippen LogP contribution in [0.4, 0.5) is 0 Å². The van der Waals surface area contributed by atoms with Crippen molar-refractivity contribution in [2.45, 2.75) is 12.5 Å². The van der Waals surface area contributed by atoms with Crippen LogP contribution in [0.25, 0.3) is 0 Å². The van der Waals surface area contributed by atoms with Gasteiger partial charge < -0.3 is 10.4 Å². The molecule has 1 heterocycles. The molecule has 66 valence electrons. The Morgan fingerprint density at radius 3 is 2.73 bits per heavy atom. The Hall–Kier alpha value is -0.130. The van der Waals surface area contributed by atoms with E-state index < -0.39 is 9.84 Å². The fraction of sp³-hybridized carbons (Fsp3) is 1.00. The maximum absolute atomic E-state index is 10.9. The van der Waals surface area contributed by atoms with Crippen LogP contribution < -0.4 is 5.32 Å². The smallest absolute Gasteiger partial charge is 0.156 e. The Bertz CT molecular complexity index is 212. The molecule has 0 spiro atoms. The molecule has 1 fully saturated rings. The average Bonchev–Trinajstić information content (AvgIpc) is 2.26. The van der Waals surface area contributed by atoms with Crippen LogP contribution in [0.15, 0.2) is 0 Å². The van der Waals surface area contributed by atoms with Gasteiger partial charge in [-0.3, -0.25) is 0 Å². The number of rotatable bonds is 3. The minimum atomic E-state index is -2.74. The number of sulfone groups is 1. The molecule has 5 heteroatoms. The third-order valence-corrected chi connectivity index (χ3v) is 3.69. The van der Waals surface area contributed by atoms with E-state index in [9.17, 15) is 8.42 Å². The number of hydrogen-bond acceptors (Lipinski definition) is 3. The zero-order chi connectivity index (χ0) is 8.32. The van der Waals surface area contributed by atoms with Crippen LogP contribution in [0.5, 0.6) is 0 Å². The Morgan fingerprint density at radius 2 is 2.27 bits per heavy atom. The number of quaternary nitrogens is 1. The summed E-state index contributed by atoms with van der Waals surface area (Å²) in [6, 6.07) is 0.187. The Kier molecular flexibility index (Phi) is 2.86. The van der Waals surface area contributed by atoms with Gasteiger partial charge in [-0.1, -0.05) is 0 Å². The quantitative estimate of drug-likeness (QED) is 0.514. The van der Waals surface area contributed by atoms with Gasteiger partial charge in [0.2, 0.25) is 0 Å². The van der Waals surface area contributed by atoms with Gasteiger partial charge in [-0.05, 0) is 0 Å². The minimum absolute atomic E-state index is 0.122. The zero-order valence-electron chi connectivity index (χ0n) is 6.36. The second-order valence-corrected chi connectivity index (χ2v) is 5.14. The summed E-state index contributed by atoms with van der Waals surface area (Å²) in [6.07, 6.45) is 0.738. The lowest BCUT2D eigenvalue weighted by atomic mass is 10.3. The second kappa shape index (κ2) is 3.51. The van der Waals surface area contributed by atoms with Crippen LogP contribution in [-0.4, -0.2) is 44.2 Å².